The molecule has 0 atom stereocenters. The lowest BCUT2D eigenvalue weighted by molar-refractivity contribution is -0.126. The maximum Gasteiger partial charge on any atom is 0.290 e. The highest BCUT2D eigenvalue weighted by Gasteiger charge is 2.39. The summed E-state index contributed by atoms with van der Waals surface area (Å²) in [7, 11) is 0. The van der Waals surface area contributed by atoms with Crippen molar-refractivity contribution in [3.8, 4) is 0 Å². The predicted octanol–water partition coefficient (Wildman–Crippen LogP) is 2.71. The molecule has 2 aromatic rings. The normalized spacial score (nSPS) is 17.4. The summed E-state index contributed by atoms with van der Waals surface area (Å²) < 4.78 is 5.93. The fraction of sp³-hybridized carbons (Fsp3) is 0.444. The van der Waals surface area contributed by atoms with E-state index in [1.165, 1.54) is 0 Å². The van der Waals surface area contributed by atoms with Crippen molar-refractivity contribution >= 4 is 22.8 Å². The first-order valence-corrected chi connectivity index (χ1v) is 7.80. The molecule has 1 aliphatic rings. The molecule has 5 nitrogen and oxygen atoms in total. The Morgan fingerprint density at radius 1 is 1.22 bits per heavy atom. The van der Waals surface area contributed by atoms with E-state index in [2.05, 4.69) is 5.32 Å². The first kappa shape index (κ1) is 15.6. The van der Waals surface area contributed by atoms with Crippen LogP contribution in [0.25, 0.3) is 11.0 Å². The van der Waals surface area contributed by atoms with Crippen molar-refractivity contribution in [3.05, 3.63) is 34.6 Å². The molecule has 1 saturated heterocycles. The lowest BCUT2D eigenvalue weighted by atomic mass is 9.98. The molecule has 2 heterocycles. The van der Waals surface area contributed by atoms with Gasteiger partial charge in [-0.2, -0.15) is 0 Å². The Balaban J connectivity index is 2.11. The number of piperazine rings is 1. The molecule has 1 N–H and O–H groups in total. The number of furan rings is 1. The summed E-state index contributed by atoms with van der Waals surface area (Å²) in [4.78, 5) is 26.4. The molecule has 0 aliphatic carbocycles. The molecule has 0 saturated carbocycles. The third-order valence-corrected chi connectivity index (χ3v) is 4.67. The lowest BCUT2D eigenvalue weighted by Gasteiger charge is -2.41. The van der Waals surface area contributed by atoms with Crippen molar-refractivity contribution in [2.24, 2.45) is 0 Å². The molecule has 23 heavy (non-hydrogen) atoms. The van der Waals surface area contributed by atoms with E-state index in [-0.39, 0.29) is 18.4 Å². The van der Waals surface area contributed by atoms with Crippen molar-refractivity contribution in [2.75, 3.05) is 13.1 Å². The number of benzene rings is 1. The van der Waals surface area contributed by atoms with E-state index in [4.69, 9.17) is 4.42 Å². The molecule has 0 radical (unpaired) electrons. The second kappa shape index (κ2) is 5.11. The molecule has 122 valence electrons. The maximum atomic E-state index is 13.0. The topological polar surface area (TPSA) is 62.6 Å². The van der Waals surface area contributed by atoms with Gasteiger partial charge in [-0.15, -0.1) is 0 Å². The molecule has 1 fully saturated rings. The standard InChI is InChI=1S/C18H22N2O3/c1-10-6-7-11(2)15-14(10)12(3)16(23-15)17(22)20-8-13(21)19-9-18(20,4)5/h6-7H,8-9H2,1-5H3,(H,19,21). The van der Waals surface area contributed by atoms with Crippen LogP contribution in [0.2, 0.25) is 0 Å². The van der Waals surface area contributed by atoms with Gasteiger partial charge in [0.1, 0.15) is 12.1 Å². The van der Waals surface area contributed by atoms with Crippen LogP contribution in [0.3, 0.4) is 0 Å². The Labute approximate surface area is 135 Å². The summed E-state index contributed by atoms with van der Waals surface area (Å²) in [6.07, 6.45) is 0. The number of aryl methyl sites for hydroxylation is 3. The number of hydrogen-bond donors (Lipinski definition) is 1. The summed E-state index contributed by atoms with van der Waals surface area (Å²) in [6, 6.07) is 4.03. The Morgan fingerprint density at radius 3 is 2.52 bits per heavy atom. The zero-order chi connectivity index (χ0) is 16.9. The number of carbonyl (C=O) groups excluding carboxylic acids is 2. The van der Waals surface area contributed by atoms with E-state index in [0.717, 1.165) is 27.7 Å². The van der Waals surface area contributed by atoms with Crippen LogP contribution in [-0.2, 0) is 4.79 Å². The zero-order valence-corrected chi connectivity index (χ0v) is 14.2. The third-order valence-electron chi connectivity index (χ3n) is 4.67. The van der Waals surface area contributed by atoms with E-state index < -0.39 is 5.54 Å². The van der Waals surface area contributed by atoms with Gasteiger partial charge in [-0.05, 0) is 45.7 Å². The van der Waals surface area contributed by atoms with Crippen LogP contribution in [0.4, 0.5) is 0 Å². The first-order valence-electron chi connectivity index (χ1n) is 7.80. The zero-order valence-electron chi connectivity index (χ0n) is 14.2. The van der Waals surface area contributed by atoms with Crippen LogP contribution >= 0.6 is 0 Å². The molecule has 3 rings (SSSR count). The summed E-state index contributed by atoms with van der Waals surface area (Å²) in [5.74, 6) is -0.0312. The number of rotatable bonds is 1. The highest BCUT2D eigenvalue weighted by molar-refractivity contribution is 6.02. The molecular weight excluding hydrogens is 292 g/mol. The van der Waals surface area contributed by atoms with Crippen LogP contribution in [0, 0.1) is 20.8 Å². The van der Waals surface area contributed by atoms with Gasteiger partial charge < -0.3 is 14.6 Å². The Morgan fingerprint density at radius 2 is 1.87 bits per heavy atom. The number of hydrogen-bond acceptors (Lipinski definition) is 3. The smallest absolute Gasteiger partial charge is 0.290 e. The summed E-state index contributed by atoms with van der Waals surface area (Å²) in [5, 5.41) is 3.80. The Bertz CT molecular complexity index is 817. The van der Waals surface area contributed by atoms with Crippen molar-refractivity contribution in [1.82, 2.24) is 10.2 Å². The van der Waals surface area contributed by atoms with Gasteiger partial charge in [-0.1, -0.05) is 12.1 Å². The SMILES string of the molecule is Cc1ccc(C)c2c(C)c(C(=O)N3CC(=O)NCC3(C)C)oc12. The minimum Gasteiger partial charge on any atom is -0.450 e. The predicted molar refractivity (Wildman–Crippen MR) is 88.6 cm³/mol. The highest BCUT2D eigenvalue weighted by Crippen LogP contribution is 2.32. The van der Waals surface area contributed by atoms with Gasteiger partial charge in [0.05, 0.1) is 5.54 Å². The van der Waals surface area contributed by atoms with Gasteiger partial charge in [0, 0.05) is 17.5 Å². The van der Waals surface area contributed by atoms with Gasteiger partial charge in [0.15, 0.2) is 5.76 Å². The van der Waals surface area contributed by atoms with Gasteiger partial charge >= 0.3 is 0 Å². The quantitative estimate of drug-likeness (QED) is 0.880. The minimum atomic E-state index is -0.444. The first-order chi connectivity index (χ1) is 10.7. The second-order valence-corrected chi connectivity index (χ2v) is 6.94. The summed E-state index contributed by atoms with van der Waals surface area (Å²) >= 11 is 0. The second-order valence-electron chi connectivity index (χ2n) is 6.94. The molecule has 1 aromatic heterocycles. The molecule has 0 unspecified atom stereocenters. The monoisotopic (exact) mass is 314 g/mol. The molecule has 5 heteroatoms. The number of nitrogens with one attached hydrogen (secondary N) is 1. The molecule has 1 aliphatic heterocycles. The molecule has 1 aromatic carbocycles. The van der Waals surface area contributed by atoms with Gasteiger partial charge in [-0.25, -0.2) is 0 Å². The van der Waals surface area contributed by atoms with Crippen LogP contribution < -0.4 is 5.32 Å². The summed E-state index contributed by atoms with van der Waals surface area (Å²) in [5.41, 5.74) is 3.24. The number of amides is 2. The molecule has 2 amide bonds. The summed E-state index contributed by atoms with van der Waals surface area (Å²) in [6.45, 7) is 10.3. The minimum absolute atomic E-state index is 0.0558. The van der Waals surface area contributed by atoms with E-state index >= 15 is 0 Å². The average Bonchev–Trinajstić information content (AvgIpc) is 2.84. The fourth-order valence-corrected chi connectivity index (χ4v) is 3.17. The van der Waals surface area contributed by atoms with E-state index in [0.29, 0.717) is 12.3 Å². The van der Waals surface area contributed by atoms with E-state index in [1.807, 2.05) is 46.8 Å². The van der Waals surface area contributed by atoms with Crippen LogP contribution in [0.1, 0.15) is 41.1 Å². The molecule has 0 bridgehead atoms. The Kier molecular flexibility index (Phi) is 3.47. The lowest BCUT2D eigenvalue weighted by Crippen LogP contribution is -2.62. The van der Waals surface area contributed by atoms with Gasteiger partial charge in [0.25, 0.3) is 5.91 Å². The van der Waals surface area contributed by atoms with E-state index in [1.54, 1.807) is 4.90 Å². The van der Waals surface area contributed by atoms with Crippen LogP contribution in [0.15, 0.2) is 16.5 Å². The molecular formula is C18H22N2O3. The van der Waals surface area contributed by atoms with E-state index in [9.17, 15) is 9.59 Å². The van der Waals surface area contributed by atoms with Gasteiger partial charge in [-0.3, -0.25) is 9.59 Å². The van der Waals surface area contributed by atoms with Gasteiger partial charge in [0.2, 0.25) is 5.91 Å². The van der Waals surface area contributed by atoms with Crippen molar-refractivity contribution in [1.29, 1.82) is 0 Å². The van der Waals surface area contributed by atoms with Crippen molar-refractivity contribution < 1.29 is 14.0 Å². The Hall–Kier alpha value is -2.30. The van der Waals surface area contributed by atoms with Crippen molar-refractivity contribution in [3.63, 3.8) is 0 Å². The number of nitrogens with zero attached hydrogens (tertiary/aromatic N) is 1. The number of fused-ring (bicyclic) bond motifs is 1. The van der Waals surface area contributed by atoms with Crippen molar-refractivity contribution in [2.45, 2.75) is 40.2 Å². The van der Waals surface area contributed by atoms with Crippen LogP contribution in [-0.4, -0.2) is 35.3 Å². The highest BCUT2D eigenvalue weighted by atomic mass is 16.3. The number of carbonyl (C=O) groups is 2. The third kappa shape index (κ3) is 2.40. The fourth-order valence-electron chi connectivity index (χ4n) is 3.17. The molecule has 0 spiro atoms. The largest absolute Gasteiger partial charge is 0.450 e. The maximum absolute atomic E-state index is 13.0. The van der Waals surface area contributed by atoms with Crippen LogP contribution in [0.5, 0.6) is 0 Å². The average molecular weight is 314 g/mol.